The lowest BCUT2D eigenvalue weighted by molar-refractivity contribution is 0.317. The zero-order chi connectivity index (χ0) is 17.4. The van der Waals surface area contributed by atoms with E-state index in [1.165, 1.54) is 11.1 Å². The van der Waals surface area contributed by atoms with E-state index in [9.17, 15) is 0 Å². The van der Waals surface area contributed by atoms with Crippen LogP contribution in [0.2, 0.25) is 0 Å². The number of nitrogens with one attached hydrogen (secondary N) is 1. The molecule has 0 spiro atoms. The number of rotatable bonds is 9. The van der Waals surface area contributed by atoms with Gasteiger partial charge >= 0.3 is 0 Å². The normalized spacial score (nSPS) is 12.2. The van der Waals surface area contributed by atoms with Crippen LogP contribution in [0.5, 0.6) is 5.75 Å². The Labute approximate surface area is 147 Å². The molecule has 2 nitrogen and oxygen atoms in total. The van der Waals surface area contributed by atoms with Crippen molar-refractivity contribution < 1.29 is 4.74 Å². The van der Waals surface area contributed by atoms with Crippen LogP contribution >= 0.6 is 0 Å². The fraction of sp³-hybridized carbons (Fsp3) is 0.455. The topological polar surface area (TPSA) is 21.3 Å². The summed E-state index contributed by atoms with van der Waals surface area (Å²) >= 11 is 0. The molecular weight excluding hydrogens is 294 g/mol. The molecule has 0 aliphatic carbocycles. The van der Waals surface area contributed by atoms with Gasteiger partial charge in [-0.2, -0.15) is 0 Å². The molecule has 0 aliphatic heterocycles. The first kappa shape index (κ1) is 18.4. The number of anilines is 1. The van der Waals surface area contributed by atoms with Gasteiger partial charge in [0.15, 0.2) is 0 Å². The number of hydrogen-bond acceptors (Lipinski definition) is 2. The van der Waals surface area contributed by atoms with Crippen molar-refractivity contribution in [3.05, 3.63) is 59.7 Å². The molecule has 130 valence electrons. The Bertz CT molecular complexity index is 604. The predicted octanol–water partition coefficient (Wildman–Crippen LogP) is 5.89. The van der Waals surface area contributed by atoms with Gasteiger partial charge in [0.05, 0.1) is 6.61 Å². The van der Waals surface area contributed by atoms with E-state index in [0.29, 0.717) is 11.8 Å². The Morgan fingerprint density at radius 2 is 1.75 bits per heavy atom. The van der Waals surface area contributed by atoms with Gasteiger partial charge in [-0.1, -0.05) is 58.0 Å². The maximum atomic E-state index is 5.69. The highest BCUT2D eigenvalue weighted by Gasteiger charge is 2.06. The van der Waals surface area contributed by atoms with Gasteiger partial charge < -0.3 is 10.1 Å². The highest BCUT2D eigenvalue weighted by Crippen LogP contribution is 2.21. The Kier molecular flexibility index (Phi) is 7.17. The van der Waals surface area contributed by atoms with Crippen LogP contribution in [-0.4, -0.2) is 13.2 Å². The van der Waals surface area contributed by atoms with Crippen LogP contribution in [0.1, 0.15) is 51.2 Å². The molecule has 2 heteroatoms. The van der Waals surface area contributed by atoms with E-state index in [-0.39, 0.29) is 0 Å². The highest BCUT2D eigenvalue weighted by molar-refractivity contribution is 5.48. The third-order valence-corrected chi connectivity index (χ3v) is 4.11. The molecular formula is C22H31NO. The van der Waals surface area contributed by atoms with Gasteiger partial charge in [0.2, 0.25) is 0 Å². The van der Waals surface area contributed by atoms with Crippen molar-refractivity contribution in [1.29, 1.82) is 0 Å². The molecule has 0 saturated carbocycles. The van der Waals surface area contributed by atoms with Crippen LogP contribution in [0.4, 0.5) is 5.69 Å². The lowest BCUT2D eigenvalue weighted by Gasteiger charge is -2.15. The van der Waals surface area contributed by atoms with Crippen LogP contribution < -0.4 is 10.1 Å². The van der Waals surface area contributed by atoms with E-state index in [2.05, 4.69) is 69.4 Å². The van der Waals surface area contributed by atoms with E-state index in [1.807, 2.05) is 12.1 Å². The lowest BCUT2D eigenvalue weighted by Crippen LogP contribution is -2.10. The molecule has 0 bridgehead atoms. The molecule has 2 rings (SSSR count). The lowest BCUT2D eigenvalue weighted by atomic mass is 9.97. The second-order valence-corrected chi connectivity index (χ2v) is 7.00. The summed E-state index contributed by atoms with van der Waals surface area (Å²) in [5.74, 6) is 2.11. The molecule has 0 aliphatic rings. The maximum absolute atomic E-state index is 5.69. The van der Waals surface area contributed by atoms with Crippen molar-refractivity contribution in [3.8, 4) is 5.75 Å². The first-order valence-corrected chi connectivity index (χ1v) is 9.14. The van der Waals surface area contributed by atoms with Crippen LogP contribution in [0.15, 0.2) is 48.5 Å². The van der Waals surface area contributed by atoms with Crippen LogP contribution in [0.25, 0.3) is 0 Å². The van der Waals surface area contributed by atoms with Crippen molar-refractivity contribution >= 4 is 5.69 Å². The van der Waals surface area contributed by atoms with Crippen LogP contribution in [0.3, 0.4) is 0 Å². The molecule has 1 atom stereocenters. The Balaban J connectivity index is 1.89. The molecule has 24 heavy (non-hydrogen) atoms. The zero-order valence-corrected chi connectivity index (χ0v) is 15.5. The Hall–Kier alpha value is -1.96. The van der Waals surface area contributed by atoms with Gasteiger partial charge in [0, 0.05) is 18.3 Å². The van der Waals surface area contributed by atoms with Crippen molar-refractivity contribution in [3.63, 3.8) is 0 Å². The SMILES string of the molecule is CCCOc1cccc(NCC(C)c2ccc(CC(C)C)cc2)c1. The van der Waals surface area contributed by atoms with E-state index in [0.717, 1.165) is 37.4 Å². The van der Waals surface area contributed by atoms with Gasteiger partial charge in [-0.15, -0.1) is 0 Å². The molecule has 0 aromatic heterocycles. The minimum absolute atomic E-state index is 0.471. The van der Waals surface area contributed by atoms with Gasteiger partial charge in [0.25, 0.3) is 0 Å². The van der Waals surface area contributed by atoms with Gasteiger partial charge in [-0.25, -0.2) is 0 Å². The molecule has 1 unspecified atom stereocenters. The first-order chi connectivity index (χ1) is 11.6. The van der Waals surface area contributed by atoms with Gasteiger partial charge in [-0.05, 0) is 47.9 Å². The quantitative estimate of drug-likeness (QED) is 0.620. The smallest absolute Gasteiger partial charge is 0.121 e. The predicted molar refractivity (Wildman–Crippen MR) is 104 cm³/mol. The minimum Gasteiger partial charge on any atom is -0.494 e. The Morgan fingerprint density at radius 3 is 2.42 bits per heavy atom. The number of benzene rings is 2. The van der Waals surface area contributed by atoms with Crippen molar-refractivity contribution in [2.75, 3.05) is 18.5 Å². The maximum Gasteiger partial charge on any atom is 0.121 e. The molecule has 0 radical (unpaired) electrons. The van der Waals surface area contributed by atoms with Crippen LogP contribution in [-0.2, 0) is 6.42 Å². The van der Waals surface area contributed by atoms with Gasteiger partial charge in [0.1, 0.15) is 5.75 Å². The minimum atomic E-state index is 0.471. The molecule has 0 amide bonds. The molecule has 2 aromatic carbocycles. The molecule has 0 heterocycles. The van der Waals surface area contributed by atoms with Crippen molar-refractivity contribution in [2.45, 2.75) is 46.5 Å². The summed E-state index contributed by atoms with van der Waals surface area (Å²) in [6.07, 6.45) is 2.18. The summed E-state index contributed by atoms with van der Waals surface area (Å²) in [6, 6.07) is 17.3. The second-order valence-electron chi connectivity index (χ2n) is 7.00. The molecule has 0 fully saturated rings. The molecule has 0 saturated heterocycles. The molecule has 1 N–H and O–H groups in total. The summed E-state index contributed by atoms with van der Waals surface area (Å²) in [5.41, 5.74) is 3.93. The Morgan fingerprint density at radius 1 is 1.00 bits per heavy atom. The van der Waals surface area contributed by atoms with Crippen LogP contribution in [0, 0.1) is 5.92 Å². The summed E-state index contributed by atoms with van der Waals surface area (Å²) in [4.78, 5) is 0. The summed E-state index contributed by atoms with van der Waals surface area (Å²) in [6.45, 7) is 10.6. The van der Waals surface area contributed by atoms with E-state index in [1.54, 1.807) is 0 Å². The van der Waals surface area contributed by atoms with E-state index in [4.69, 9.17) is 4.74 Å². The van der Waals surface area contributed by atoms with Crippen molar-refractivity contribution in [1.82, 2.24) is 0 Å². The average Bonchev–Trinajstić information content (AvgIpc) is 2.58. The van der Waals surface area contributed by atoms with Crippen molar-refractivity contribution in [2.24, 2.45) is 5.92 Å². The average molecular weight is 325 g/mol. The first-order valence-electron chi connectivity index (χ1n) is 9.14. The summed E-state index contributed by atoms with van der Waals surface area (Å²) in [7, 11) is 0. The van der Waals surface area contributed by atoms with E-state index < -0.39 is 0 Å². The fourth-order valence-electron chi connectivity index (χ4n) is 2.76. The highest BCUT2D eigenvalue weighted by atomic mass is 16.5. The van der Waals surface area contributed by atoms with Gasteiger partial charge in [-0.3, -0.25) is 0 Å². The second kappa shape index (κ2) is 9.36. The fourth-order valence-corrected chi connectivity index (χ4v) is 2.76. The standard InChI is InChI=1S/C22H31NO/c1-5-13-24-22-8-6-7-21(15-22)23-16-18(4)20-11-9-19(10-12-20)14-17(2)3/h6-12,15,17-18,23H,5,13-14,16H2,1-4H3. The van der Waals surface area contributed by atoms with E-state index >= 15 is 0 Å². The largest absolute Gasteiger partial charge is 0.494 e. The zero-order valence-electron chi connectivity index (χ0n) is 15.5. The number of hydrogen-bond donors (Lipinski definition) is 1. The third-order valence-electron chi connectivity index (χ3n) is 4.11. The molecule has 2 aromatic rings. The number of ether oxygens (including phenoxy) is 1. The third kappa shape index (κ3) is 5.92. The summed E-state index contributed by atoms with van der Waals surface area (Å²) < 4.78 is 5.69. The monoisotopic (exact) mass is 325 g/mol. The summed E-state index contributed by atoms with van der Waals surface area (Å²) in [5, 5.41) is 3.53.